The van der Waals surface area contributed by atoms with Gasteiger partial charge in [0.25, 0.3) is 10.0 Å². The van der Waals surface area contributed by atoms with Crippen LogP contribution < -0.4 is 14.9 Å². The first-order chi connectivity index (χ1) is 16.2. The number of carbonyl (C=O) groups excluding carboxylic acids is 1. The van der Waals surface area contributed by atoms with E-state index in [1.165, 1.54) is 28.6 Å². The molecule has 1 aromatic heterocycles. The lowest BCUT2D eigenvalue weighted by Crippen LogP contribution is -2.32. The Kier molecular flexibility index (Phi) is 8.00. The van der Waals surface area contributed by atoms with Crippen molar-refractivity contribution in [2.75, 3.05) is 35.6 Å². The number of aromatic nitrogens is 3. The number of para-hydroxylation sites is 1. The number of unbranched alkanes of at least 4 members (excludes halogenated alkanes) is 1. The van der Waals surface area contributed by atoms with Crippen molar-refractivity contribution in [2.45, 2.75) is 31.3 Å². The predicted octanol–water partition coefficient (Wildman–Crippen LogP) is 2.87. The molecule has 0 saturated heterocycles. The number of esters is 1. The van der Waals surface area contributed by atoms with E-state index < -0.39 is 16.0 Å². The van der Waals surface area contributed by atoms with Crippen molar-refractivity contribution in [1.82, 2.24) is 15.0 Å². The van der Waals surface area contributed by atoms with E-state index in [0.717, 1.165) is 6.42 Å². The highest BCUT2D eigenvalue weighted by Crippen LogP contribution is 2.25. The molecule has 11 heteroatoms. The zero-order chi connectivity index (χ0) is 24.7. The molecule has 180 valence electrons. The lowest BCUT2D eigenvalue weighted by molar-refractivity contribution is 0.0462. The van der Waals surface area contributed by atoms with Crippen molar-refractivity contribution in [1.29, 1.82) is 0 Å². The quantitative estimate of drug-likeness (QED) is 0.431. The summed E-state index contributed by atoms with van der Waals surface area (Å²) < 4.78 is 33.6. The van der Waals surface area contributed by atoms with Gasteiger partial charge in [0, 0.05) is 20.6 Å². The van der Waals surface area contributed by atoms with Gasteiger partial charge in [-0.2, -0.15) is 15.0 Å². The third-order valence-corrected chi connectivity index (χ3v) is 6.66. The van der Waals surface area contributed by atoms with Crippen molar-refractivity contribution in [3.63, 3.8) is 0 Å². The molecule has 0 aliphatic heterocycles. The van der Waals surface area contributed by atoms with Crippen LogP contribution in [0.15, 0.2) is 59.5 Å². The molecule has 3 rings (SSSR count). The number of nitrogens with two attached hydrogens (primary N) is 1. The summed E-state index contributed by atoms with van der Waals surface area (Å²) in [5.41, 5.74) is 6.35. The molecule has 0 radical (unpaired) electrons. The first-order valence-electron chi connectivity index (χ1n) is 10.7. The van der Waals surface area contributed by atoms with Gasteiger partial charge in [0.2, 0.25) is 11.9 Å². The van der Waals surface area contributed by atoms with Gasteiger partial charge in [-0.15, -0.1) is 0 Å². The molecule has 0 unspecified atom stereocenters. The summed E-state index contributed by atoms with van der Waals surface area (Å²) in [6, 6.07) is 14.7. The molecule has 0 spiro atoms. The minimum atomic E-state index is -3.90. The SMILES string of the molecule is CCCCN(c1ccccc1)S(=O)(=O)c1cccc(C(=O)OCc2nc(N)nc(N(C)C)n2)c1. The highest BCUT2D eigenvalue weighted by molar-refractivity contribution is 7.92. The number of nitrogen functional groups attached to an aromatic ring is 1. The van der Waals surface area contributed by atoms with E-state index in [1.54, 1.807) is 43.3 Å². The van der Waals surface area contributed by atoms with Crippen LogP contribution in [0.2, 0.25) is 0 Å². The molecule has 0 bridgehead atoms. The van der Waals surface area contributed by atoms with Crippen LogP contribution in [-0.2, 0) is 21.4 Å². The Morgan fingerprint density at radius 2 is 1.76 bits per heavy atom. The largest absolute Gasteiger partial charge is 0.454 e. The fraction of sp³-hybridized carbons (Fsp3) is 0.304. The number of carbonyl (C=O) groups is 1. The predicted molar refractivity (Wildman–Crippen MR) is 130 cm³/mol. The van der Waals surface area contributed by atoms with E-state index in [-0.39, 0.29) is 28.8 Å². The Hall–Kier alpha value is -3.73. The zero-order valence-electron chi connectivity index (χ0n) is 19.4. The molecule has 0 saturated carbocycles. The van der Waals surface area contributed by atoms with E-state index in [0.29, 0.717) is 24.6 Å². The van der Waals surface area contributed by atoms with E-state index in [4.69, 9.17) is 10.5 Å². The number of sulfonamides is 1. The molecule has 0 fully saturated rings. The second-order valence-corrected chi connectivity index (χ2v) is 9.54. The van der Waals surface area contributed by atoms with Crippen LogP contribution in [-0.4, -0.2) is 50.0 Å². The highest BCUT2D eigenvalue weighted by Gasteiger charge is 2.25. The third-order valence-electron chi connectivity index (χ3n) is 4.84. The van der Waals surface area contributed by atoms with E-state index in [9.17, 15) is 13.2 Å². The monoisotopic (exact) mass is 484 g/mol. The Morgan fingerprint density at radius 3 is 2.44 bits per heavy atom. The first-order valence-corrected chi connectivity index (χ1v) is 12.2. The minimum Gasteiger partial charge on any atom is -0.454 e. The number of anilines is 3. The molecule has 34 heavy (non-hydrogen) atoms. The second kappa shape index (κ2) is 10.9. The lowest BCUT2D eigenvalue weighted by atomic mass is 10.2. The van der Waals surface area contributed by atoms with Gasteiger partial charge < -0.3 is 15.4 Å². The van der Waals surface area contributed by atoms with Gasteiger partial charge >= 0.3 is 5.97 Å². The van der Waals surface area contributed by atoms with E-state index >= 15 is 0 Å². The summed E-state index contributed by atoms with van der Waals surface area (Å²) in [6.45, 7) is 2.08. The second-order valence-electron chi connectivity index (χ2n) is 7.67. The molecule has 10 nitrogen and oxygen atoms in total. The standard InChI is InChI=1S/C23H28N6O4S/c1-4-5-14-29(18-11-7-6-8-12-18)34(31,32)19-13-9-10-17(15-19)21(30)33-16-20-25-22(24)27-23(26-20)28(2)3/h6-13,15H,4-5,14,16H2,1-3H3,(H2,24,25,26,27). The van der Waals surface area contributed by atoms with Crippen LogP contribution in [0.5, 0.6) is 0 Å². The maximum Gasteiger partial charge on any atom is 0.338 e. The first kappa shape index (κ1) is 24.9. The number of nitrogens with zero attached hydrogens (tertiary/aromatic N) is 5. The van der Waals surface area contributed by atoms with Crippen LogP contribution >= 0.6 is 0 Å². The number of hydrogen-bond acceptors (Lipinski definition) is 9. The molecule has 0 atom stereocenters. The molecule has 0 aliphatic carbocycles. The average molecular weight is 485 g/mol. The van der Waals surface area contributed by atoms with Gasteiger partial charge in [-0.05, 0) is 36.8 Å². The number of benzene rings is 2. The molecule has 2 N–H and O–H groups in total. The summed E-state index contributed by atoms with van der Waals surface area (Å²) in [5, 5.41) is 0. The molecule has 0 amide bonds. The molecule has 1 heterocycles. The number of hydrogen-bond donors (Lipinski definition) is 1. The van der Waals surface area contributed by atoms with E-state index in [2.05, 4.69) is 15.0 Å². The Morgan fingerprint density at radius 1 is 1.03 bits per heavy atom. The van der Waals surface area contributed by atoms with Gasteiger partial charge in [-0.25, -0.2) is 13.2 Å². The van der Waals surface area contributed by atoms with Crippen molar-refractivity contribution in [2.24, 2.45) is 0 Å². The fourth-order valence-corrected chi connectivity index (χ4v) is 4.65. The molecule has 3 aromatic rings. The maximum atomic E-state index is 13.5. The zero-order valence-corrected chi connectivity index (χ0v) is 20.2. The van der Waals surface area contributed by atoms with Gasteiger partial charge in [0.15, 0.2) is 12.4 Å². The Labute approximate surface area is 199 Å². The Balaban J connectivity index is 1.82. The maximum absolute atomic E-state index is 13.5. The van der Waals surface area contributed by atoms with Crippen molar-refractivity contribution in [3.05, 3.63) is 66.0 Å². The van der Waals surface area contributed by atoms with Crippen LogP contribution in [0.3, 0.4) is 0 Å². The van der Waals surface area contributed by atoms with Gasteiger partial charge in [-0.3, -0.25) is 4.31 Å². The highest BCUT2D eigenvalue weighted by atomic mass is 32.2. The minimum absolute atomic E-state index is 0.00112. The fourth-order valence-electron chi connectivity index (χ4n) is 3.10. The smallest absolute Gasteiger partial charge is 0.338 e. The van der Waals surface area contributed by atoms with Crippen molar-refractivity contribution in [3.8, 4) is 0 Å². The summed E-state index contributed by atoms with van der Waals surface area (Å²) >= 11 is 0. The Bertz CT molecular complexity index is 1240. The van der Waals surface area contributed by atoms with Gasteiger partial charge in [-0.1, -0.05) is 37.6 Å². The van der Waals surface area contributed by atoms with Crippen LogP contribution in [0.4, 0.5) is 17.6 Å². The lowest BCUT2D eigenvalue weighted by Gasteiger charge is -2.24. The number of rotatable bonds is 10. The third kappa shape index (κ3) is 5.98. The van der Waals surface area contributed by atoms with E-state index in [1.807, 2.05) is 13.0 Å². The van der Waals surface area contributed by atoms with Crippen molar-refractivity contribution < 1.29 is 17.9 Å². The number of ether oxygens (including phenoxy) is 1. The average Bonchev–Trinajstić information content (AvgIpc) is 2.83. The molecule has 2 aromatic carbocycles. The topological polar surface area (TPSA) is 132 Å². The summed E-state index contributed by atoms with van der Waals surface area (Å²) in [5.74, 6) is -0.184. The van der Waals surface area contributed by atoms with Crippen molar-refractivity contribution >= 4 is 33.6 Å². The summed E-state index contributed by atoms with van der Waals surface area (Å²) in [4.78, 5) is 26.5. The van der Waals surface area contributed by atoms with Crippen LogP contribution in [0.25, 0.3) is 0 Å². The molecule has 0 aliphatic rings. The van der Waals surface area contributed by atoms with Crippen LogP contribution in [0, 0.1) is 0 Å². The van der Waals surface area contributed by atoms with Crippen LogP contribution in [0.1, 0.15) is 35.9 Å². The normalized spacial score (nSPS) is 11.1. The summed E-state index contributed by atoms with van der Waals surface area (Å²) in [6.07, 6.45) is 1.53. The summed E-state index contributed by atoms with van der Waals surface area (Å²) in [7, 11) is -0.408. The molecular formula is C23H28N6O4S. The van der Waals surface area contributed by atoms with Gasteiger partial charge in [0.05, 0.1) is 16.1 Å². The molecular weight excluding hydrogens is 456 g/mol. The van der Waals surface area contributed by atoms with Gasteiger partial charge in [0.1, 0.15) is 0 Å².